The molecular formula is C12H13F3N2O3. The molecule has 1 fully saturated rings. The van der Waals surface area contributed by atoms with E-state index in [2.05, 4.69) is 5.32 Å². The van der Waals surface area contributed by atoms with Crippen molar-refractivity contribution in [2.24, 2.45) is 0 Å². The molecule has 1 aromatic rings. The number of nitro groups is 1. The number of nitro benzene ring substituents is 1. The van der Waals surface area contributed by atoms with E-state index in [1.807, 2.05) is 0 Å². The van der Waals surface area contributed by atoms with E-state index >= 15 is 0 Å². The molecule has 0 bridgehead atoms. The van der Waals surface area contributed by atoms with Crippen molar-refractivity contribution < 1.29 is 22.8 Å². The second-order valence-corrected chi connectivity index (χ2v) is 4.52. The van der Waals surface area contributed by atoms with Crippen LogP contribution in [0.5, 0.6) is 5.75 Å². The number of benzene rings is 1. The lowest BCUT2D eigenvalue weighted by Crippen LogP contribution is -2.37. The molecule has 1 saturated heterocycles. The zero-order valence-electron chi connectivity index (χ0n) is 10.4. The summed E-state index contributed by atoms with van der Waals surface area (Å²) in [7, 11) is 0. The van der Waals surface area contributed by atoms with Gasteiger partial charge in [-0.05, 0) is 31.5 Å². The highest BCUT2D eigenvalue weighted by molar-refractivity contribution is 5.47. The number of halogens is 3. The molecule has 2 rings (SSSR count). The van der Waals surface area contributed by atoms with Crippen molar-refractivity contribution in [1.82, 2.24) is 5.32 Å². The zero-order chi connectivity index (χ0) is 14.8. The number of nitrogens with one attached hydrogen (secondary N) is 1. The molecule has 1 heterocycles. The molecule has 0 unspecified atom stereocenters. The van der Waals surface area contributed by atoms with Crippen molar-refractivity contribution in [3.63, 3.8) is 0 Å². The minimum Gasteiger partial charge on any atom is -0.489 e. The van der Waals surface area contributed by atoms with Gasteiger partial charge in [-0.3, -0.25) is 10.1 Å². The van der Waals surface area contributed by atoms with Gasteiger partial charge in [0.2, 0.25) is 0 Å². The van der Waals surface area contributed by atoms with Crippen LogP contribution < -0.4 is 10.1 Å². The summed E-state index contributed by atoms with van der Waals surface area (Å²) >= 11 is 0. The van der Waals surface area contributed by atoms with Crippen LogP contribution in [0.15, 0.2) is 18.2 Å². The highest BCUT2D eigenvalue weighted by atomic mass is 19.4. The van der Waals surface area contributed by atoms with Gasteiger partial charge >= 0.3 is 6.18 Å². The second-order valence-electron chi connectivity index (χ2n) is 4.52. The van der Waals surface area contributed by atoms with Gasteiger partial charge < -0.3 is 10.1 Å². The normalized spacial score (nSPS) is 19.6. The van der Waals surface area contributed by atoms with Crippen LogP contribution in [-0.2, 0) is 6.18 Å². The minimum absolute atomic E-state index is 0.00312. The summed E-state index contributed by atoms with van der Waals surface area (Å²) in [5.74, 6) is -0.00312. The van der Waals surface area contributed by atoms with Crippen LogP contribution in [0.25, 0.3) is 0 Å². The average Bonchev–Trinajstić information content (AvgIpc) is 2.38. The van der Waals surface area contributed by atoms with Crippen molar-refractivity contribution in [2.75, 3.05) is 13.1 Å². The van der Waals surface area contributed by atoms with E-state index in [4.69, 9.17) is 4.74 Å². The molecule has 20 heavy (non-hydrogen) atoms. The van der Waals surface area contributed by atoms with Crippen LogP contribution in [0, 0.1) is 10.1 Å². The Morgan fingerprint density at radius 1 is 1.40 bits per heavy atom. The molecule has 0 spiro atoms. The smallest absolute Gasteiger partial charge is 0.423 e. The number of rotatable bonds is 3. The first-order valence-electron chi connectivity index (χ1n) is 6.11. The minimum atomic E-state index is -4.79. The fraction of sp³-hybridized carbons (Fsp3) is 0.500. The maximum Gasteiger partial charge on any atom is 0.423 e. The Balaban J connectivity index is 2.25. The summed E-state index contributed by atoms with van der Waals surface area (Å²) in [6, 6.07) is 2.71. The van der Waals surface area contributed by atoms with Gasteiger partial charge in [-0.25, -0.2) is 0 Å². The van der Waals surface area contributed by atoms with E-state index in [0.717, 1.165) is 25.5 Å². The fourth-order valence-electron chi connectivity index (χ4n) is 2.09. The topological polar surface area (TPSA) is 64.4 Å². The van der Waals surface area contributed by atoms with Gasteiger partial charge in [-0.15, -0.1) is 0 Å². The molecule has 1 atom stereocenters. The van der Waals surface area contributed by atoms with E-state index in [9.17, 15) is 23.3 Å². The molecule has 8 heteroatoms. The van der Waals surface area contributed by atoms with Crippen molar-refractivity contribution >= 4 is 5.69 Å². The number of hydrogen-bond donors (Lipinski definition) is 1. The van der Waals surface area contributed by atoms with Crippen molar-refractivity contribution in [1.29, 1.82) is 0 Å². The first-order valence-corrected chi connectivity index (χ1v) is 6.11. The first-order chi connectivity index (χ1) is 9.38. The van der Waals surface area contributed by atoms with E-state index in [0.29, 0.717) is 12.6 Å². The fourth-order valence-corrected chi connectivity index (χ4v) is 2.09. The van der Waals surface area contributed by atoms with E-state index in [1.165, 1.54) is 6.07 Å². The maximum absolute atomic E-state index is 12.8. The second kappa shape index (κ2) is 5.66. The third-order valence-electron chi connectivity index (χ3n) is 3.02. The van der Waals surface area contributed by atoms with Gasteiger partial charge in [0.1, 0.15) is 17.4 Å². The number of ether oxygens (including phenoxy) is 1. The highest BCUT2D eigenvalue weighted by Gasteiger charge is 2.38. The third-order valence-corrected chi connectivity index (χ3v) is 3.02. The molecule has 1 aliphatic heterocycles. The van der Waals surface area contributed by atoms with Gasteiger partial charge in [0.15, 0.2) is 0 Å². The number of nitrogens with zero attached hydrogens (tertiary/aromatic N) is 1. The quantitative estimate of drug-likeness (QED) is 0.686. The first kappa shape index (κ1) is 14.6. The van der Waals surface area contributed by atoms with E-state index < -0.39 is 22.4 Å². The molecule has 1 N–H and O–H groups in total. The van der Waals surface area contributed by atoms with Crippen molar-refractivity contribution in [3.05, 3.63) is 33.9 Å². The number of piperidine rings is 1. The van der Waals surface area contributed by atoms with Crippen LogP contribution in [0.2, 0.25) is 0 Å². The summed E-state index contributed by atoms with van der Waals surface area (Å²) < 4.78 is 43.8. The Labute approximate surface area is 112 Å². The predicted octanol–water partition coefficient (Wildman–Crippen LogP) is 2.74. The third kappa shape index (κ3) is 3.38. The number of alkyl halides is 3. The molecule has 110 valence electrons. The van der Waals surface area contributed by atoms with Crippen LogP contribution in [-0.4, -0.2) is 24.1 Å². The van der Waals surface area contributed by atoms with Crippen molar-refractivity contribution in [3.8, 4) is 5.75 Å². The summed E-state index contributed by atoms with van der Waals surface area (Å²) in [6.07, 6.45) is -3.38. The van der Waals surface area contributed by atoms with Crippen LogP contribution in [0.4, 0.5) is 18.9 Å². The molecule has 0 aliphatic carbocycles. The summed E-state index contributed by atoms with van der Waals surface area (Å²) in [4.78, 5) is 9.58. The molecule has 1 aromatic carbocycles. The Hall–Kier alpha value is -1.83. The summed E-state index contributed by atoms with van der Waals surface area (Å²) in [6.45, 7) is 1.41. The van der Waals surface area contributed by atoms with Gasteiger partial charge in [0.05, 0.1) is 4.92 Å². The van der Waals surface area contributed by atoms with Gasteiger partial charge in [-0.2, -0.15) is 13.2 Å². The summed E-state index contributed by atoms with van der Waals surface area (Å²) in [5.41, 5.74) is -2.25. The molecule has 0 saturated carbocycles. The average molecular weight is 290 g/mol. The lowest BCUT2D eigenvalue weighted by atomic mass is 10.1. The lowest BCUT2D eigenvalue weighted by molar-refractivity contribution is -0.388. The molecule has 1 aliphatic rings. The monoisotopic (exact) mass is 290 g/mol. The largest absolute Gasteiger partial charge is 0.489 e. The van der Waals surface area contributed by atoms with Crippen molar-refractivity contribution in [2.45, 2.75) is 25.1 Å². The molecule has 0 amide bonds. The Morgan fingerprint density at radius 2 is 2.15 bits per heavy atom. The van der Waals surface area contributed by atoms with Gasteiger partial charge in [0, 0.05) is 12.6 Å². The van der Waals surface area contributed by atoms with E-state index in [1.54, 1.807) is 0 Å². The Kier molecular flexibility index (Phi) is 4.12. The van der Waals surface area contributed by atoms with Crippen LogP contribution in [0.1, 0.15) is 18.4 Å². The molecule has 0 radical (unpaired) electrons. The lowest BCUT2D eigenvalue weighted by Gasteiger charge is -2.24. The predicted molar refractivity (Wildman–Crippen MR) is 64.6 cm³/mol. The highest BCUT2D eigenvalue weighted by Crippen LogP contribution is 2.38. The molecule has 5 nitrogen and oxygen atoms in total. The van der Waals surface area contributed by atoms with Gasteiger partial charge in [-0.1, -0.05) is 0 Å². The maximum atomic E-state index is 12.8. The van der Waals surface area contributed by atoms with E-state index in [-0.39, 0.29) is 11.9 Å². The summed E-state index contributed by atoms with van der Waals surface area (Å²) in [5, 5.41) is 13.7. The van der Waals surface area contributed by atoms with Gasteiger partial charge in [0.25, 0.3) is 5.69 Å². The van der Waals surface area contributed by atoms with Crippen LogP contribution in [0.3, 0.4) is 0 Å². The molecule has 0 aromatic heterocycles. The SMILES string of the molecule is O=[N+]([O-])c1ccc(O[C@H]2CCCNC2)cc1C(F)(F)F. The molecular weight excluding hydrogens is 277 g/mol. The van der Waals surface area contributed by atoms with Crippen LogP contribution >= 0.6 is 0 Å². The Bertz CT molecular complexity index is 499. The standard InChI is InChI=1S/C12H13F3N2O3/c13-12(14,15)10-6-8(3-4-11(10)17(18)19)20-9-2-1-5-16-7-9/h3-4,6,9,16H,1-2,5,7H2/t9-/m0/s1. The zero-order valence-corrected chi connectivity index (χ0v) is 10.4. The number of hydrogen-bond acceptors (Lipinski definition) is 4. The Morgan fingerprint density at radius 3 is 2.70 bits per heavy atom.